The molecule has 0 aromatic heterocycles. The summed E-state index contributed by atoms with van der Waals surface area (Å²) in [6, 6.07) is 6.92. The SMILES string of the molecule is COCCCNC(=O)CCN(C(C)=O)c1ccc(NC(C)=O)cc1. The first kappa shape index (κ1) is 19.6. The first-order valence-corrected chi connectivity index (χ1v) is 7.85. The molecule has 1 aromatic carbocycles. The van der Waals surface area contributed by atoms with Crippen molar-refractivity contribution >= 4 is 29.1 Å². The highest BCUT2D eigenvalue weighted by Gasteiger charge is 2.13. The van der Waals surface area contributed by atoms with Crippen molar-refractivity contribution in [2.45, 2.75) is 26.7 Å². The van der Waals surface area contributed by atoms with Gasteiger partial charge in [0, 0.05) is 58.4 Å². The molecule has 0 spiro atoms. The van der Waals surface area contributed by atoms with Crippen molar-refractivity contribution in [1.29, 1.82) is 0 Å². The Hall–Kier alpha value is -2.41. The molecule has 0 fully saturated rings. The molecule has 2 N–H and O–H groups in total. The van der Waals surface area contributed by atoms with E-state index in [2.05, 4.69) is 10.6 Å². The summed E-state index contributed by atoms with van der Waals surface area (Å²) in [6.45, 7) is 4.34. The van der Waals surface area contributed by atoms with E-state index in [-0.39, 0.29) is 24.1 Å². The van der Waals surface area contributed by atoms with Crippen LogP contribution in [0.2, 0.25) is 0 Å². The van der Waals surface area contributed by atoms with Gasteiger partial charge in [0.2, 0.25) is 17.7 Å². The Morgan fingerprint density at radius 1 is 1.12 bits per heavy atom. The third-order valence-corrected chi connectivity index (χ3v) is 3.29. The van der Waals surface area contributed by atoms with Gasteiger partial charge < -0.3 is 20.3 Å². The zero-order chi connectivity index (χ0) is 17.9. The molecule has 24 heavy (non-hydrogen) atoms. The van der Waals surface area contributed by atoms with Crippen LogP contribution in [0.25, 0.3) is 0 Å². The van der Waals surface area contributed by atoms with Gasteiger partial charge in [0.15, 0.2) is 0 Å². The lowest BCUT2D eigenvalue weighted by molar-refractivity contribution is -0.121. The quantitative estimate of drug-likeness (QED) is 0.670. The Morgan fingerprint density at radius 3 is 2.33 bits per heavy atom. The highest BCUT2D eigenvalue weighted by molar-refractivity contribution is 5.93. The fraction of sp³-hybridized carbons (Fsp3) is 0.471. The molecule has 0 aliphatic heterocycles. The molecule has 0 radical (unpaired) electrons. The zero-order valence-electron chi connectivity index (χ0n) is 14.4. The second-order valence-corrected chi connectivity index (χ2v) is 5.35. The third kappa shape index (κ3) is 7.23. The lowest BCUT2D eigenvalue weighted by Gasteiger charge is -2.21. The largest absolute Gasteiger partial charge is 0.385 e. The zero-order valence-corrected chi connectivity index (χ0v) is 14.4. The predicted molar refractivity (Wildman–Crippen MR) is 92.9 cm³/mol. The third-order valence-electron chi connectivity index (χ3n) is 3.29. The maximum absolute atomic E-state index is 11.8. The molecule has 132 valence electrons. The molecular weight excluding hydrogens is 310 g/mol. The molecular formula is C17H25N3O4. The first-order valence-electron chi connectivity index (χ1n) is 7.85. The monoisotopic (exact) mass is 335 g/mol. The van der Waals surface area contributed by atoms with Crippen LogP contribution in [0.15, 0.2) is 24.3 Å². The van der Waals surface area contributed by atoms with Gasteiger partial charge in [-0.25, -0.2) is 0 Å². The van der Waals surface area contributed by atoms with Gasteiger partial charge >= 0.3 is 0 Å². The fourth-order valence-corrected chi connectivity index (χ4v) is 2.14. The minimum absolute atomic E-state index is 0.104. The number of rotatable bonds is 9. The molecule has 0 unspecified atom stereocenters. The summed E-state index contributed by atoms with van der Waals surface area (Å²) < 4.78 is 4.91. The van der Waals surface area contributed by atoms with E-state index in [9.17, 15) is 14.4 Å². The number of carbonyl (C=O) groups excluding carboxylic acids is 3. The number of nitrogens with one attached hydrogen (secondary N) is 2. The van der Waals surface area contributed by atoms with Crippen molar-refractivity contribution in [2.75, 3.05) is 37.0 Å². The molecule has 0 aliphatic rings. The number of ether oxygens (including phenoxy) is 1. The minimum Gasteiger partial charge on any atom is -0.385 e. The molecule has 0 bridgehead atoms. The van der Waals surface area contributed by atoms with E-state index in [4.69, 9.17) is 4.74 Å². The maximum atomic E-state index is 11.8. The number of hydrogen-bond donors (Lipinski definition) is 2. The van der Waals surface area contributed by atoms with Gasteiger partial charge in [-0.1, -0.05) is 0 Å². The van der Waals surface area contributed by atoms with E-state index in [0.717, 1.165) is 6.42 Å². The standard InChI is InChI=1S/C17H25N3O4/c1-13(21)19-15-5-7-16(8-6-15)20(14(2)22)11-9-17(23)18-10-4-12-24-3/h5-8H,4,9-12H2,1-3H3,(H,18,23)(H,19,21). The lowest BCUT2D eigenvalue weighted by atomic mass is 10.2. The smallest absolute Gasteiger partial charge is 0.223 e. The van der Waals surface area contributed by atoms with Gasteiger partial charge in [-0.3, -0.25) is 14.4 Å². The summed E-state index contributed by atoms with van der Waals surface area (Å²) in [5.74, 6) is -0.405. The summed E-state index contributed by atoms with van der Waals surface area (Å²) in [6.07, 6.45) is 0.975. The Labute approximate surface area is 142 Å². The van der Waals surface area contributed by atoms with Crippen LogP contribution in [-0.4, -0.2) is 44.5 Å². The van der Waals surface area contributed by atoms with Crippen molar-refractivity contribution in [1.82, 2.24) is 5.32 Å². The topological polar surface area (TPSA) is 87.7 Å². The van der Waals surface area contributed by atoms with Crippen LogP contribution in [0.1, 0.15) is 26.7 Å². The van der Waals surface area contributed by atoms with E-state index in [1.165, 1.54) is 18.7 Å². The number of hydrogen-bond acceptors (Lipinski definition) is 4. The van der Waals surface area contributed by atoms with Gasteiger partial charge in [0.25, 0.3) is 0 Å². The van der Waals surface area contributed by atoms with E-state index in [0.29, 0.717) is 31.1 Å². The fourth-order valence-electron chi connectivity index (χ4n) is 2.14. The summed E-state index contributed by atoms with van der Waals surface area (Å²) >= 11 is 0. The van der Waals surface area contributed by atoms with Crippen LogP contribution >= 0.6 is 0 Å². The van der Waals surface area contributed by atoms with Gasteiger partial charge in [0.05, 0.1) is 0 Å². The van der Waals surface area contributed by atoms with Crippen LogP contribution in [0, 0.1) is 0 Å². The summed E-state index contributed by atoms with van der Waals surface area (Å²) in [4.78, 5) is 36.2. The van der Waals surface area contributed by atoms with E-state index >= 15 is 0 Å². The van der Waals surface area contributed by atoms with Crippen molar-refractivity contribution in [3.05, 3.63) is 24.3 Å². The molecule has 0 atom stereocenters. The number of nitrogens with zero attached hydrogens (tertiary/aromatic N) is 1. The highest BCUT2D eigenvalue weighted by Crippen LogP contribution is 2.18. The van der Waals surface area contributed by atoms with E-state index in [1.54, 1.807) is 31.4 Å². The Bertz CT molecular complexity index is 557. The Kier molecular flexibility index (Phi) is 8.49. The van der Waals surface area contributed by atoms with E-state index < -0.39 is 0 Å². The molecule has 1 aromatic rings. The second kappa shape index (κ2) is 10.4. The average molecular weight is 335 g/mol. The van der Waals surface area contributed by atoms with Gasteiger partial charge in [-0.2, -0.15) is 0 Å². The van der Waals surface area contributed by atoms with Crippen molar-refractivity contribution < 1.29 is 19.1 Å². The molecule has 0 heterocycles. The van der Waals surface area contributed by atoms with Gasteiger partial charge in [-0.05, 0) is 30.7 Å². The number of anilines is 2. The molecule has 0 aliphatic carbocycles. The van der Waals surface area contributed by atoms with Crippen LogP contribution < -0.4 is 15.5 Å². The van der Waals surface area contributed by atoms with E-state index in [1.807, 2.05) is 0 Å². The second-order valence-electron chi connectivity index (χ2n) is 5.35. The number of amides is 3. The Balaban J connectivity index is 2.56. The average Bonchev–Trinajstić information content (AvgIpc) is 2.52. The van der Waals surface area contributed by atoms with Gasteiger partial charge in [0.1, 0.15) is 0 Å². The Morgan fingerprint density at radius 2 is 1.79 bits per heavy atom. The molecule has 7 heteroatoms. The summed E-state index contributed by atoms with van der Waals surface area (Å²) in [5, 5.41) is 5.46. The maximum Gasteiger partial charge on any atom is 0.223 e. The van der Waals surface area contributed by atoms with Crippen molar-refractivity contribution in [3.8, 4) is 0 Å². The molecule has 7 nitrogen and oxygen atoms in total. The molecule has 3 amide bonds. The number of benzene rings is 1. The minimum atomic E-state index is -0.156. The van der Waals surface area contributed by atoms with Crippen LogP contribution in [-0.2, 0) is 19.1 Å². The van der Waals surface area contributed by atoms with Crippen LogP contribution in [0.4, 0.5) is 11.4 Å². The normalized spacial score (nSPS) is 10.1. The lowest BCUT2D eigenvalue weighted by Crippen LogP contribution is -2.34. The summed E-state index contributed by atoms with van der Waals surface area (Å²) in [7, 11) is 1.61. The van der Waals surface area contributed by atoms with Crippen LogP contribution in [0.3, 0.4) is 0 Å². The molecule has 0 saturated heterocycles. The molecule has 1 rings (SSSR count). The highest BCUT2D eigenvalue weighted by atomic mass is 16.5. The molecule has 0 saturated carbocycles. The number of carbonyl (C=O) groups is 3. The van der Waals surface area contributed by atoms with Crippen LogP contribution in [0.5, 0.6) is 0 Å². The number of methoxy groups -OCH3 is 1. The predicted octanol–water partition coefficient (Wildman–Crippen LogP) is 1.54. The first-order chi connectivity index (χ1) is 11.4. The van der Waals surface area contributed by atoms with Gasteiger partial charge in [-0.15, -0.1) is 0 Å². The summed E-state index contributed by atoms with van der Waals surface area (Å²) in [5.41, 5.74) is 1.34. The van der Waals surface area contributed by atoms with Crippen molar-refractivity contribution in [3.63, 3.8) is 0 Å². The van der Waals surface area contributed by atoms with Crippen molar-refractivity contribution in [2.24, 2.45) is 0 Å².